The predicted molar refractivity (Wildman–Crippen MR) is 55.5 cm³/mol. The highest BCUT2D eigenvalue weighted by atomic mass is 19.1. The molecule has 0 saturated carbocycles. The third-order valence-corrected chi connectivity index (χ3v) is 2.24. The molecule has 0 aromatic heterocycles. The number of hydrogen-bond acceptors (Lipinski definition) is 4. The lowest BCUT2D eigenvalue weighted by molar-refractivity contribution is -0.135. The molecule has 4 nitrogen and oxygen atoms in total. The molecule has 0 N–H and O–H groups in total. The molecule has 1 aliphatic heterocycles. The van der Waals surface area contributed by atoms with Crippen molar-refractivity contribution in [2.75, 3.05) is 6.61 Å². The molecule has 0 spiro atoms. The van der Waals surface area contributed by atoms with E-state index in [1.165, 1.54) is 18.2 Å². The molecule has 1 fully saturated rings. The summed E-state index contributed by atoms with van der Waals surface area (Å²) < 4.78 is 22.3. The van der Waals surface area contributed by atoms with Crippen molar-refractivity contribution in [3.63, 3.8) is 0 Å². The van der Waals surface area contributed by atoms with Crippen LogP contribution in [0.15, 0.2) is 36.1 Å². The fourth-order valence-corrected chi connectivity index (χ4v) is 1.36. The number of carbonyl (C=O) groups excluding carboxylic acids is 2. The van der Waals surface area contributed by atoms with Crippen molar-refractivity contribution in [1.82, 2.24) is 0 Å². The first-order chi connectivity index (χ1) is 8.16. The summed E-state index contributed by atoms with van der Waals surface area (Å²) in [5.74, 6) is -1.72. The largest absolute Gasteiger partial charge is 0.462 e. The lowest BCUT2D eigenvalue weighted by Crippen LogP contribution is -2.03. The minimum absolute atomic E-state index is 0.0909. The van der Waals surface area contributed by atoms with Gasteiger partial charge in [0.1, 0.15) is 12.1 Å². The Balaban J connectivity index is 2.05. The second-order valence-corrected chi connectivity index (χ2v) is 3.44. The first-order valence-electron chi connectivity index (χ1n) is 4.99. The van der Waals surface area contributed by atoms with Gasteiger partial charge < -0.3 is 9.47 Å². The molecule has 0 amide bonds. The number of esters is 2. The van der Waals surface area contributed by atoms with Crippen LogP contribution in [0.4, 0.5) is 4.39 Å². The highest BCUT2D eigenvalue weighted by molar-refractivity contribution is 5.92. The molecule has 1 saturated heterocycles. The Morgan fingerprint density at radius 1 is 1.47 bits per heavy atom. The van der Waals surface area contributed by atoms with Crippen LogP contribution in [0.3, 0.4) is 0 Å². The Labute approximate surface area is 96.6 Å². The van der Waals surface area contributed by atoms with Gasteiger partial charge in [-0.2, -0.15) is 0 Å². The number of hydrogen-bond donors (Lipinski definition) is 0. The zero-order valence-electron chi connectivity index (χ0n) is 8.81. The predicted octanol–water partition coefficient (Wildman–Crippen LogP) is 1.81. The van der Waals surface area contributed by atoms with Crippen molar-refractivity contribution >= 4 is 11.9 Å². The summed E-state index contributed by atoms with van der Waals surface area (Å²) in [5.41, 5.74) is 0.392. The zero-order valence-corrected chi connectivity index (χ0v) is 8.81. The fraction of sp³-hybridized carbons (Fsp3) is 0.167. The minimum atomic E-state index is -0.711. The van der Waals surface area contributed by atoms with Crippen LogP contribution < -0.4 is 0 Å². The number of ether oxygens (including phenoxy) is 2. The summed E-state index contributed by atoms with van der Waals surface area (Å²) in [6.45, 7) is 0.294. The molecule has 1 aromatic carbocycles. The molecule has 0 unspecified atom stereocenters. The first-order valence-corrected chi connectivity index (χ1v) is 4.99. The van der Waals surface area contributed by atoms with Crippen LogP contribution in [0, 0.1) is 5.82 Å². The summed E-state index contributed by atoms with van der Waals surface area (Å²) in [6.07, 6.45) is 1.47. The Morgan fingerprint density at radius 2 is 2.29 bits per heavy atom. The van der Waals surface area contributed by atoms with Gasteiger partial charge in [-0.15, -0.1) is 0 Å². The molecule has 0 radical (unpaired) electrons. The molecule has 0 bridgehead atoms. The van der Waals surface area contributed by atoms with E-state index in [-0.39, 0.29) is 5.56 Å². The molecule has 17 heavy (non-hydrogen) atoms. The fourth-order valence-electron chi connectivity index (χ4n) is 1.36. The number of carbonyl (C=O) groups is 2. The maximum Gasteiger partial charge on any atom is 0.343 e. The molecule has 0 atom stereocenters. The van der Waals surface area contributed by atoms with Crippen molar-refractivity contribution in [1.29, 1.82) is 0 Å². The van der Waals surface area contributed by atoms with Crippen LogP contribution in [-0.2, 0) is 14.3 Å². The summed E-state index contributed by atoms with van der Waals surface area (Å²) in [6, 6.07) is 5.12. The highest BCUT2D eigenvalue weighted by Crippen LogP contribution is 2.13. The molecule has 1 aliphatic rings. The van der Waals surface area contributed by atoms with Crippen molar-refractivity contribution in [2.45, 2.75) is 6.42 Å². The van der Waals surface area contributed by atoms with Crippen LogP contribution in [0.25, 0.3) is 0 Å². The van der Waals surface area contributed by atoms with Crippen LogP contribution in [-0.4, -0.2) is 18.5 Å². The lowest BCUT2D eigenvalue weighted by atomic mass is 10.2. The Hall–Kier alpha value is -2.17. The second kappa shape index (κ2) is 4.78. The van der Waals surface area contributed by atoms with Crippen molar-refractivity contribution in [3.8, 4) is 0 Å². The summed E-state index contributed by atoms with van der Waals surface area (Å²) >= 11 is 0. The highest BCUT2D eigenvalue weighted by Gasteiger charge is 2.19. The maximum absolute atomic E-state index is 12.8. The van der Waals surface area contributed by atoms with Crippen LogP contribution in [0.5, 0.6) is 0 Å². The third kappa shape index (κ3) is 2.69. The van der Waals surface area contributed by atoms with Gasteiger partial charge in [0, 0.05) is 6.42 Å². The standard InChI is InChI=1S/C12H9FO4/c13-10-3-1-2-8(6-10)11(14)17-7-9-4-5-16-12(9)15/h1-3,6-7H,4-5H2/b9-7+. The van der Waals surface area contributed by atoms with E-state index >= 15 is 0 Å². The van der Waals surface area contributed by atoms with Crippen LogP contribution in [0.1, 0.15) is 16.8 Å². The molecule has 0 aliphatic carbocycles. The van der Waals surface area contributed by atoms with Gasteiger partial charge in [0.05, 0.1) is 17.7 Å². The molecule has 5 heteroatoms. The SMILES string of the molecule is O=C1OCC/C1=C\OC(=O)c1cccc(F)c1. The molecule has 1 aromatic rings. The first kappa shape index (κ1) is 11.3. The Morgan fingerprint density at radius 3 is 2.94 bits per heavy atom. The van der Waals surface area contributed by atoms with Crippen LogP contribution in [0.2, 0.25) is 0 Å². The lowest BCUT2D eigenvalue weighted by Gasteiger charge is -1.99. The third-order valence-electron chi connectivity index (χ3n) is 2.24. The topological polar surface area (TPSA) is 52.6 Å². The second-order valence-electron chi connectivity index (χ2n) is 3.44. The number of halogens is 1. The molecule has 88 valence electrons. The summed E-state index contributed by atoms with van der Waals surface area (Å²) in [7, 11) is 0. The quantitative estimate of drug-likeness (QED) is 0.446. The van der Waals surface area contributed by atoms with Gasteiger partial charge in [0.2, 0.25) is 0 Å². The summed E-state index contributed by atoms with van der Waals surface area (Å²) in [5, 5.41) is 0. The van der Waals surface area contributed by atoms with E-state index in [2.05, 4.69) is 4.74 Å². The minimum Gasteiger partial charge on any atom is -0.462 e. The van der Waals surface area contributed by atoms with Gasteiger partial charge in [-0.3, -0.25) is 0 Å². The van der Waals surface area contributed by atoms with Gasteiger partial charge in [0.25, 0.3) is 0 Å². The zero-order chi connectivity index (χ0) is 12.3. The van der Waals surface area contributed by atoms with E-state index in [4.69, 9.17) is 4.74 Å². The van der Waals surface area contributed by atoms with E-state index in [0.717, 1.165) is 12.3 Å². The van der Waals surface area contributed by atoms with Gasteiger partial charge in [-0.25, -0.2) is 14.0 Å². The van der Waals surface area contributed by atoms with E-state index in [1.807, 2.05) is 0 Å². The smallest absolute Gasteiger partial charge is 0.343 e. The van der Waals surface area contributed by atoms with Gasteiger partial charge in [0.15, 0.2) is 0 Å². The van der Waals surface area contributed by atoms with Gasteiger partial charge in [-0.1, -0.05) is 6.07 Å². The normalized spacial score (nSPS) is 17.0. The number of cyclic esters (lactones) is 1. The average molecular weight is 236 g/mol. The van der Waals surface area contributed by atoms with Gasteiger partial charge in [-0.05, 0) is 18.2 Å². The van der Waals surface area contributed by atoms with Crippen molar-refractivity contribution in [3.05, 3.63) is 47.5 Å². The number of rotatable bonds is 2. The molecule has 1 heterocycles. The molecule has 2 rings (SSSR count). The Kier molecular flexibility index (Phi) is 3.18. The summed E-state index contributed by atoms with van der Waals surface area (Å²) in [4.78, 5) is 22.5. The van der Waals surface area contributed by atoms with Crippen LogP contribution >= 0.6 is 0 Å². The molecular weight excluding hydrogens is 227 g/mol. The molecular formula is C12H9FO4. The number of benzene rings is 1. The van der Waals surface area contributed by atoms with Gasteiger partial charge >= 0.3 is 11.9 Å². The van der Waals surface area contributed by atoms with Crippen molar-refractivity contribution in [2.24, 2.45) is 0 Å². The monoisotopic (exact) mass is 236 g/mol. The van der Waals surface area contributed by atoms with E-state index in [0.29, 0.717) is 18.6 Å². The van der Waals surface area contributed by atoms with E-state index < -0.39 is 17.8 Å². The van der Waals surface area contributed by atoms with Crippen molar-refractivity contribution < 1.29 is 23.5 Å². The maximum atomic E-state index is 12.8. The van der Waals surface area contributed by atoms with E-state index in [9.17, 15) is 14.0 Å². The Bertz CT molecular complexity index is 493. The van der Waals surface area contributed by atoms with E-state index in [1.54, 1.807) is 0 Å². The average Bonchev–Trinajstić information content (AvgIpc) is 2.72.